The van der Waals surface area contributed by atoms with Crippen LogP contribution in [0.1, 0.15) is 77.7 Å². The van der Waals surface area contributed by atoms with Crippen molar-refractivity contribution in [3.8, 4) is 5.75 Å². The van der Waals surface area contributed by atoms with Crippen molar-refractivity contribution in [3.05, 3.63) is 46.5 Å². The van der Waals surface area contributed by atoms with E-state index >= 15 is 0 Å². The zero-order valence-electron chi connectivity index (χ0n) is 21.3. The van der Waals surface area contributed by atoms with Gasteiger partial charge in [-0.05, 0) is 86.7 Å². The third-order valence-corrected chi connectivity index (χ3v) is 12.7. The Morgan fingerprint density at radius 2 is 1.76 bits per heavy atom. The minimum atomic E-state index is -4.37. The monoisotopic (exact) mass is 492 g/mol. The molecule has 0 heterocycles. The van der Waals surface area contributed by atoms with E-state index < -0.39 is 21.1 Å². The van der Waals surface area contributed by atoms with Gasteiger partial charge in [0.15, 0.2) is 6.61 Å². The van der Waals surface area contributed by atoms with Gasteiger partial charge < -0.3 is 9.16 Å². The van der Waals surface area contributed by atoms with E-state index in [1.54, 1.807) is 5.57 Å². The van der Waals surface area contributed by atoms with E-state index in [1.807, 2.05) is 24.3 Å². The summed E-state index contributed by atoms with van der Waals surface area (Å²) in [5.74, 6) is 1.68. The first-order chi connectivity index (χ1) is 15.9. The second kappa shape index (κ2) is 9.40. The Kier molecular flexibility index (Phi) is 7.02. The van der Waals surface area contributed by atoms with Gasteiger partial charge in [0.25, 0.3) is 0 Å². The summed E-state index contributed by atoms with van der Waals surface area (Å²) < 4.78 is 52.1. The Bertz CT molecular complexity index is 969. The second-order valence-corrected chi connectivity index (χ2v) is 16.5. The minimum Gasteiger partial charge on any atom is -0.543 e. The van der Waals surface area contributed by atoms with Crippen molar-refractivity contribution >= 4 is 14.1 Å². The summed E-state index contributed by atoms with van der Waals surface area (Å²) in [6, 6.07) is 7.59. The molecular formula is C28H39F3O2Si. The van der Waals surface area contributed by atoms with Gasteiger partial charge >= 0.3 is 6.18 Å². The van der Waals surface area contributed by atoms with Crippen LogP contribution < -0.4 is 4.43 Å². The number of alkyl halides is 3. The van der Waals surface area contributed by atoms with Crippen molar-refractivity contribution in [2.24, 2.45) is 11.8 Å². The molecule has 2 bridgehead atoms. The molecule has 3 aliphatic carbocycles. The standard InChI is InChI=1S/C28H39F3O2Si/c1-27(2,3)34(4,5)33-22-13-8-12-21(17-22)26(32-18-28(29,30)31)25-20-11-9-15-24(25)23-14-7-6-10-19(23)16-20/h8,12-13,17,20,24H,6-7,9-11,14-16,18H2,1-5H3. The fraction of sp³-hybridized carbons (Fsp3) is 0.643. The smallest absolute Gasteiger partial charge is 0.422 e. The van der Waals surface area contributed by atoms with Gasteiger partial charge in [-0.15, -0.1) is 0 Å². The molecule has 0 N–H and O–H groups in total. The number of allylic oxidation sites excluding steroid dienone is 3. The molecule has 0 aromatic heterocycles. The first kappa shape index (κ1) is 25.4. The van der Waals surface area contributed by atoms with Crippen LogP contribution in [0.4, 0.5) is 13.2 Å². The van der Waals surface area contributed by atoms with E-state index in [1.165, 1.54) is 18.4 Å². The molecule has 1 saturated carbocycles. The van der Waals surface area contributed by atoms with Crippen molar-refractivity contribution in [2.75, 3.05) is 6.61 Å². The van der Waals surface area contributed by atoms with Crippen LogP contribution >= 0.6 is 0 Å². The van der Waals surface area contributed by atoms with Crippen LogP contribution in [0.15, 0.2) is 41.0 Å². The molecule has 4 rings (SSSR count). The summed E-state index contributed by atoms with van der Waals surface area (Å²) in [5, 5.41) is 0.0291. The summed E-state index contributed by atoms with van der Waals surface area (Å²) in [7, 11) is -2.08. The largest absolute Gasteiger partial charge is 0.543 e. The summed E-state index contributed by atoms with van der Waals surface area (Å²) in [6.07, 6.45) is 4.45. The van der Waals surface area contributed by atoms with Crippen LogP contribution in [0.2, 0.25) is 18.1 Å². The molecule has 0 saturated heterocycles. The van der Waals surface area contributed by atoms with Crippen molar-refractivity contribution in [1.29, 1.82) is 0 Å². The lowest BCUT2D eigenvalue weighted by molar-refractivity contribution is -0.158. The molecule has 2 atom stereocenters. The average Bonchev–Trinajstić information content (AvgIpc) is 2.72. The van der Waals surface area contributed by atoms with E-state index in [0.717, 1.165) is 49.8 Å². The highest BCUT2D eigenvalue weighted by Crippen LogP contribution is 2.53. The van der Waals surface area contributed by atoms with Crippen LogP contribution in [0.3, 0.4) is 0 Å². The molecule has 0 aliphatic heterocycles. The Morgan fingerprint density at radius 1 is 1.03 bits per heavy atom. The van der Waals surface area contributed by atoms with Crippen LogP contribution in [0.25, 0.3) is 5.76 Å². The Balaban J connectivity index is 1.77. The quantitative estimate of drug-likeness (QED) is 0.232. The molecule has 2 unspecified atom stereocenters. The molecule has 34 heavy (non-hydrogen) atoms. The van der Waals surface area contributed by atoms with Gasteiger partial charge in [0, 0.05) is 11.5 Å². The molecule has 6 heteroatoms. The van der Waals surface area contributed by atoms with E-state index in [0.29, 0.717) is 11.3 Å². The molecule has 1 aromatic carbocycles. The fourth-order valence-corrected chi connectivity index (χ4v) is 6.68. The SMILES string of the molecule is CC(C)(C)[Si](C)(C)Oc1cccc(C(OCC(F)(F)F)=C2C3CCCC2C2=C(CCCC2)C3)c1. The summed E-state index contributed by atoms with van der Waals surface area (Å²) in [4.78, 5) is 0. The first-order valence-electron chi connectivity index (χ1n) is 12.8. The van der Waals surface area contributed by atoms with Crippen molar-refractivity contribution in [3.63, 3.8) is 0 Å². The lowest BCUT2D eigenvalue weighted by Crippen LogP contribution is -2.43. The topological polar surface area (TPSA) is 18.5 Å². The van der Waals surface area contributed by atoms with Gasteiger partial charge in [0.2, 0.25) is 8.32 Å². The predicted octanol–water partition coefficient (Wildman–Crippen LogP) is 9.05. The lowest BCUT2D eigenvalue weighted by Gasteiger charge is -2.43. The normalized spacial score (nSPS) is 25.1. The molecule has 0 spiro atoms. The molecule has 1 fully saturated rings. The van der Waals surface area contributed by atoms with E-state index in [2.05, 4.69) is 33.9 Å². The maximum atomic E-state index is 13.3. The van der Waals surface area contributed by atoms with Crippen LogP contribution in [-0.2, 0) is 4.74 Å². The Hall–Kier alpha value is -1.69. The third-order valence-electron chi connectivity index (χ3n) is 8.32. The molecule has 2 nitrogen and oxygen atoms in total. The minimum absolute atomic E-state index is 0.0291. The Morgan fingerprint density at radius 3 is 2.47 bits per heavy atom. The Labute approximate surface area is 203 Å². The molecule has 1 aromatic rings. The first-order valence-corrected chi connectivity index (χ1v) is 15.7. The summed E-state index contributed by atoms with van der Waals surface area (Å²) in [6.45, 7) is 9.65. The highest BCUT2D eigenvalue weighted by Gasteiger charge is 2.41. The zero-order valence-corrected chi connectivity index (χ0v) is 22.3. The van der Waals surface area contributed by atoms with Crippen LogP contribution in [-0.4, -0.2) is 21.1 Å². The fourth-order valence-electron chi connectivity index (χ4n) is 5.66. The van der Waals surface area contributed by atoms with E-state index in [-0.39, 0.29) is 16.9 Å². The number of benzene rings is 1. The van der Waals surface area contributed by atoms with E-state index in [4.69, 9.17) is 9.16 Å². The number of halogens is 3. The van der Waals surface area contributed by atoms with Crippen LogP contribution in [0.5, 0.6) is 5.75 Å². The summed E-state index contributed by atoms with van der Waals surface area (Å²) in [5.41, 5.74) is 4.90. The van der Waals surface area contributed by atoms with Gasteiger partial charge in [-0.2, -0.15) is 13.2 Å². The molecule has 0 amide bonds. The maximum Gasteiger partial charge on any atom is 0.422 e. The predicted molar refractivity (Wildman–Crippen MR) is 134 cm³/mol. The molecule has 188 valence electrons. The second-order valence-electron chi connectivity index (χ2n) is 11.8. The number of rotatable bonds is 5. The van der Waals surface area contributed by atoms with E-state index in [9.17, 15) is 13.2 Å². The van der Waals surface area contributed by atoms with Crippen LogP contribution in [0, 0.1) is 11.8 Å². The highest BCUT2D eigenvalue weighted by molar-refractivity contribution is 6.74. The van der Waals surface area contributed by atoms with Crippen molar-refractivity contribution < 1.29 is 22.3 Å². The average molecular weight is 493 g/mol. The lowest BCUT2D eigenvalue weighted by atomic mass is 9.62. The molecule has 3 aliphatic rings. The van der Waals surface area contributed by atoms with Gasteiger partial charge in [-0.25, -0.2) is 0 Å². The molecular weight excluding hydrogens is 453 g/mol. The number of ether oxygens (including phenoxy) is 1. The van der Waals surface area contributed by atoms with Crippen molar-refractivity contribution in [2.45, 2.75) is 96.4 Å². The van der Waals surface area contributed by atoms with Gasteiger partial charge in [-0.1, -0.05) is 50.5 Å². The van der Waals surface area contributed by atoms with Crippen molar-refractivity contribution in [1.82, 2.24) is 0 Å². The molecule has 0 radical (unpaired) electrons. The van der Waals surface area contributed by atoms with Gasteiger partial charge in [0.1, 0.15) is 11.5 Å². The maximum absolute atomic E-state index is 13.3. The third kappa shape index (κ3) is 5.42. The van der Waals surface area contributed by atoms with Gasteiger partial charge in [-0.3, -0.25) is 0 Å². The number of hydrogen-bond acceptors (Lipinski definition) is 2. The zero-order chi connectivity index (χ0) is 24.7. The summed E-state index contributed by atoms with van der Waals surface area (Å²) >= 11 is 0. The van der Waals surface area contributed by atoms with Gasteiger partial charge in [0.05, 0.1) is 0 Å². The number of fused-ring (bicyclic) bond motifs is 3. The highest BCUT2D eigenvalue weighted by atomic mass is 28.4. The number of hydrogen-bond donors (Lipinski definition) is 0.